The van der Waals surface area contributed by atoms with E-state index in [9.17, 15) is 4.79 Å². The third-order valence-corrected chi connectivity index (χ3v) is 5.70. The summed E-state index contributed by atoms with van der Waals surface area (Å²) in [6.45, 7) is 5.07. The normalized spacial score (nSPS) is 16.4. The lowest BCUT2D eigenvalue weighted by Crippen LogP contribution is -2.37. The molecule has 128 valence electrons. The highest BCUT2D eigenvalue weighted by Crippen LogP contribution is 2.33. The molecule has 5 heteroatoms. The van der Waals surface area contributed by atoms with Crippen LogP contribution in [-0.4, -0.2) is 27.3 Å². The minimum absolute atomic E-state index is 0.150. The molecule has 0 spiro atoms. The number of hydrogen-bond acceptors (Lipinski definition) is 3. The van der Waals surface area contributed by atoms with Gasteiger partial charge in [0.1, 0.15) is 0 Å². The summed E-state index contributed by atoms with van der Waals surface area (Å²) in [6.07, 6.45) is 0.931. The van der Waals surface area contributed by atoms with Gasteiger partial charge in [-0.3, -0.25) is 4.79 Å². The lowest BCUT2D eigenvalue weighted by atomic mass is 10.1. The van der Waals surface area contributed by atoms with Gasteiger partial charge in [-0.1, -0.05) is 42.1 Å². The van der Waals surface area contributed by atoms with Crippen molar-refractivity contribution >= 4 is 34.4 Å². The van der Waals surface area contributed by atoms with E-state index in [0.29, 0.717) is 5.75 Å². The van der Waals surface area contributed by atoms with Crippen LogP contribution in [0.15, 0.2) is 53.7 Å². The molecule has 0 fully saturated rings. The van der Waals surface area contributed by atoms with Gasteiger partial charge in [0.05, 0.1) is 16.8 Å². The number of carbonyl (C=O) groups is 1. The van der Waals surface area contributed by atoms with Crippen molar-refractivity contribution in [2.24, 2.45) is 0 Å². The summed E-state index contributed by atoms with van der Waals surface area (Å²) in [5, 5.41) is 0.914. The Kier molecular flexibility index (Phi) is 4.25. The zero-order valence-corrected chi connectivity index (χ0v) is 15.3. The van der Waals surface area contributed by atoms with Gasteiger partial charge in [0.25, 0.3) is 0 Å². The predicted octanol–water partition coefficient (Wildman–Crippen LogP) is 4.13. The van der Waals surface area contributed by atoms with Crippen molar-refractivity contribution in [2.45, 2.75) is 38.0 Å². The Balaban J connectivity index is 1.55. The number of benzene rings is 2. The highest BCUT2D eigenvalue weighted by atomic mass is 32.2. The fourth-order valence-corrected chi connectivity index (χ4v) is 4.55. The molecule has 0 bridgehead atoms. The number of aromatic nitrogens is 2. The Labute approximate surface area is 151 Å². The van der Waals surface area contributed by atoms with Crippen molar-refractivity contribution < 1.29 is 4.79 Å². The zero-order valence-electron chi connectivity index (χ0n) is 14.5. The van der Waals surface area contributed by atoms with E-state index in [4.69, 9.17) is 4.98 Å². The monoisotopic (exact) mass is 351 g/mol. The van der Waals surface area contributed by atoms with Crippen molar-refractivity contribution in [3.63, 3.8) is 0 Å². The summed E-state index contributed by atoms with van der Waals surface area (Å²) >= 11 is 1.53. The standard InChI is InChI=1S/C20H21N3OS/c1-3-22-18-11-7-5-9-16(18)21-20(22)25-13-19(24)23-14(2)12-15-8-4-6-10-17(15)23/h4-11,14H,3,12-13H2,1-2H3/t14-/m0/s1. The molecule has 1 amide bonds. The first-order chi connectivity index (χ1) is 12.2. The molecule has 3 aromatic rings. The topological polar surface area (TPSA) is 38.1 Å². The molecule has 0 unspecified atom stereocenters. The van der Waals surface area contributed by atoms with Crippen LogP contribution in [0.3, 0.4) is 0 Å². The number of anilines is 1. The Morgan fingerprint density at radius 2 is 1.96 bits per heavy atom. The summed E-state index contributed by atoms with van der Waals surface area (Å²) in [4.78, 5) is 19.5. The van der Waals surface area contributed by atoms with Crippen LogP contribution in [0.5, 0.6) is 0 Å². The Hall–Kier alpha value is -2.27. The molecule has 1 atom stereocenters. The van der Waals surface area contributed by atoms with Crippen LogP contribution in [-0.2, 0) is 17.8 Å². The van der Waals surface area contributed by atoms with Gasteiger partial charge in [-0.2, -0.15) is 0 Å². The Morgan fingerprint density at radius 1 is 1.20 bits per heavy atom. The summed E-state index contributed by atoms with van der Waals surface area (Å²) in [5.74, 6) is 0.555. The molecule has 4 rings (SSSR count). The molecule has 0 saturated carbocycles. The Morgan fingerprint density at radius 3 is 2.80 bits per heavy atom. The molecule has 2 heterocycles. The van der Waals surface area contributed by atoms with Crippen LogP contribution < -0.4 is 4.90 Å². The third-order valence-electron chi connectivity index (χ3n) is 4.74. The molecule has 1 aliphatic heterocycles. The number of aryl methyl sites for hydroxylation is 1. The summed E-state index contributed by atoms with van der Waals surface area (Å²) in [5.41, 5.74) is 4.43. The van der Waals surface area contributed by atoms with Crippen LogP contribution >= 0.6 is 11.8 Å². The first-order valence-corrected chi connectivity index (χ1v) is 9.65. The molecule has 1 aliphatic rings. The van der Waals surface area contributed by atoms with E-state index in [0.717, 1.165) is 34.8 Å². The van der Waals surface area contributed by atoms with Crippen molar-refractivity contribution in [2.75, 3.05) is 10.7 Å². The van der Waals surface area contributed by atoms with Crippen molar-refractivity contribution in [3.05, 3.63) is 54.1 Å². The second-order valence-electron chi connectivity index (χ2n) is 6.36. The van der Waals surface area contributed by atoms with Crippen molar-refractivity contribution in [3.8, 4) is 0 Å². The number of imidazole rings is 1. The number of rotatable bonds is 4. The highest BCUT2D eigenvalue weighted by Gasteiger charge is 2.30. The molecule has 0 N–H and O–H groups in total. The van der Waals surface area contributed by atoms with Gasteiger partial charge in [0.15, 0.2) is 5.16 Å². The van der Waals surface area contributed by atoms with Crippen molar-refractivity contribution in [1.29, 1.82) is 0 Å². The number of carbonyl (C=O) groups excluding carboxylic acids is 1. The number of thioether (sulfide) groups is 1. The van der Waals surface area contributed by atoms with Crippen LogP contribution in [0, 0.1) is 0 Å². The molecule has 25 heavy (non-hydrogen) atoms. The van der Waals surface area contributed by atoms with E-state index in [2.05, 4.69) is 30.5 Å². The molecule has 4 nitrogen and oxygen atoms in total. The van der Waals surface area contributed by atoms with Gasteiger partial charge in [0.2, 0.25) is 5.91 Å². The van der Waals surface area contributed by atoms with Gasteiger partial charge in [-0.15, -0.1) is 0 Å². The first-order valence-electron chi connectivity index (χ1n) is 8.67. The van der Waals surface area contributed by atoms with Gasteiger partial charge in [-0.25, -0.2) is 4.98 Å². The highest BCUT2D eigenvalue weighted by molar-refractivity contribution is 7.99. The van der Waals surface area contributed by atoms with Crippen LogP contribution in [0.2, 0.25) is 0 Å². The van der Waals surface area contributed by atoms with Gasteiger partial charge in [-0.05, 0) is 44.0 Å². The minimum Gasteiger partial charge on any atom is -0.319 e. The molecule has 2 aromatic carbocycles. The lowest BCUT2D eigenvalue weighted by molar-refractivity contribution is -0.116. The lowest BCUT2D eigenvalue weighted by Gasteiger charge is -2.22. The quantitative estimate of drug-likeness (QED) is 0.664. The molecule has 0 aliphatic carbocycles. The van der Waals surface area contributed by atoms with E-state index in [1.165, 1.54) is 17.3 Å². The fourth-order valence-electron chi connectivity index (χ4n) is 3.61. The number of fused-ring (bicyclic) bond motifs is 2. The van der Waals surface area contributed by atoms with E-state index < -0.39 is 0 Å². The largest absolute Gasteiger partial charge is 0.319 e. The molecular weight excluding hydrogens is 330 g/mol. The van der Waals surface area contributed by atoms with Crippen molar-refractivity contribution in [1.82, 2.24) is 9.55 Å². The molecule has 1 aromatic heterocycles. The summed E-state index contributed by atoms with van der Waals surface area (Å²) in [7, 11) is 0. The Bertz CT molecular complexity index is 934. The van der Waals surface area contributed by atoms with E-state index in [1.807, 2.05) is 41.3 Å². The second-order valence-corrected chi connectivity index (χ2v) is 7.30. The van der Waals surface area contributed by atoms with E-state index >= 15 is 0 Å². The molecule has 0 saturated heterocycles. The van der Waals surface area contributed by atoms with Gasteiger partial charge < -0.3 is 9.47 Å². The number of amides is 1. The number of hydrogen-bond donors (Lipinski definition) is 0. The average molecular weight is 351 g/mol. The zero-order chi connectivity index (χ0) is 17.4. The summed E-state index contributed by atoms with van der Waals surface area (Å²) < 4.78 is 2.18. The number of nitrogens with zero attached hydrogens (tertiary/aromatic N) is 3. The number of para-hydroxylation sites is 3. The maximum Gasteiger partial charge on any atom is 0.237 e. The fraction of sp³-hybridized carbons (Fsp3) is 0.300. The first kappa shape index (κ1) is 16.2. The SMILES string of the molecule is CCn1c(SCC(=O)N2c3ccccc3C[C@@H]2C)nc2ccccc21. The molecular formula is C20H21N3OS. The van der Waals surface area contributed by atoms with Crippen LogP contribution in [0.25, 0.3) is 11.0 Å². The maximum absolute atomic E-state index is 12.9. The molecule has 0 radical (unpaired) electrons. The van der Waals surface area contributed by atoms with E-state index in [1.54, 1.807) is 0 Å². The van der Waals surface area contributed by atoms with Gasteiger partial charge >= 0.3 is 0 Å². The van der Waals surface area contributed by atoms with Crippen LogP contribution in [0.1, 0.15) is 19.4 Å². The second kappa shape index (κ2) is 6.56. The summed E-state index contributed by atoms with van der Waals surface area (Å²) in [6, 6.07) is 16.5. The predicted molar refractivity (Wildman–Crippen MR) is 103 cm³/mol. The van der Waals surface area contributed by atoms with Gasteiger partial charge in [0, 0.05) is 18.3 Å². The average Bonchev–Trinajstić information content (AvgIpc) is 3.15. The van der Waals surface area contributed by atoms with Crippen LogP contribution in [0.4, 0.5) is 5.69 Å². The maximum atomic E-state index is 12.9. The minimum atomic E-state index is 0.150. The van der Waals surface area contributed by atoms with E-state index in [-0.39, 0.29) is 11.9 Å². The smallest absolute Gasteiger partial charge is 0.237 e. The third kappa shape index (κ3) is 2.82.